The highest BCUT2D eigenvalue weighted by Gasteiger charge is 2.30. The standard InChI is InChI=1S/C16H14Cl2/c1-10-8-12-4-7-14(18)9-15(12)16(10)11-2-5-13(17)6-3-11/h2-7,9-10,16H,8H2,1H3. The summed E-state index contributed by atoms with van der Waals surface area (Å²) in [7, 11) is 0. The zero-order valence-corrected chi connectivity index (χ0v) is 11.7. The van der Waals surface area contributed by atoms with Crippen LogP contribution in [-0.4, -0.2) is 0 Å². The zero-order chi connectivity index (χ0) is 12.7. The van der Waals surface area contributed by atoms with Gasteiger partial charge < -0.3 is 0 Å². The maximum absolute atomic E-state index is 6.13. The smallest absolute Gasteiger partial charge is 0.0409 e. The van der Waals surface area contributed by atoms with Crippen molar-refractivity contribution in [2.45, 2.75) is 19.3 Å². The van der Waals surface area contributed by atoms with Crippen LogP contribution in [0.2, 0.25) is 10.0 Å². The Morgan fingerprint density at radius 2 is 1.61 bits per heavy atom. The van der Waals surface area contributed by atoms with E-state index in [0.717, 1.165) is 16.5 Å². The monoisotopic (exact) mass is 276 g/mol. The lowest BCUT2D eigenvalue weighted by Crippen LogP contribution is -2.05. The number of rotatable bonds is 1. The molecule has 0 fully saturated rings. The molecule has 1 aliphatic carbocycles. The normalized spacial score (nSPS) is 21.9. The van der Waals surface area contributed by atoms with Crippen LogP contribution in [0.4, 0.5) is 0 Å². The number of halogens is 2. The first-order valence-corrected chi connectivity index (χ1v) is 6.94. The van der Waals surface area contributed by atoms with Crippen LogP contribution in [0.15, 0.2) is 42.5 Å². The summed E-state index contributed by atoms with van der Waals surface area (Å²) in [6.07, 6.45) is 1.12. The van der Waals surface area contributed by atoms with Gasteiger partial charge in [0.2, 0.25) is 0 Å². The summed E-state index contributed by atoms with van der Waals surface area (Å²) in [5.74, 6) is 1.05. The van der Waals surface area contributed by atoms with E-state index in [0.29, 0.717) is 11.8 Å². The Bertz CT molecular complexity index is 572. The summed E-state index contributed by atoms with van der Waals surface area (Å²) in [4.78, 5) is 0. The molecule has 0 spiro atoms. The molecule has 0 saturated carbocycles. The quantitative estimate of drug-likeness (QED) is 0.662. The fourth-order valence-corrected chi connectivity index (χ4v) is 3.30. The topological polar surface area (TPSA) is 0 Å². The first-order valence-electron chi connectivity index (χ1n) is 6.19. The van der Waals surface area contributed by atoms with Crippen molar-refractivity contribution >= 4 is 23.2 Å². The summed E-state index contributed by atoms with van der Waals surface area (Å²) in [6.45, 7) is 2.30. The van der Waals surface area contributed by atoms with Gasteiger partial charge in [-0.1, -0.05) is 48.3 Å². The van der Waals surface area contributed by atoms with Crippen molar-refractivity contribution in [2.24, 2.45) is 5.92 Å². The van der Waals surface area contributed by atoms with Gasteiger partial charge in [-0.05, 0) is 53.3 Å². The summed E-state index contributed by atoms with van der Waals surface area (Å²) in [6, 6.07) is 14.4. The van der Waals surface area contributed by atoms with E-state index in [-0.39, 0.29) is 0 Å². The van der Waals surface area contributed by atoms with E-state index in [2.05, 4.69) is 31.2 Å². The highest BCUT2D eigenvalue weighted by atomic mass is 35.5. The minimum absolute atomic E-state index is 0.441. The maximum Gasteiger partial charge on any atom is 0.0409 e. The number of hydrogen-bond donors (Lipinski definition) is 0. The summed E-state index contributed by atoms with van der Waals surface area (Å²) in [5, 5.41) is 1.61. The van der Waals surface area contributed by atoms with E-state index in [1.165, 1.54) is 16.7 Å². The van der Waals surface area contributed by atoms with Crippen molar-refractivity contribution in [3.63, 3.8) is 0 Å². The first-order chi connectivity index (χ1) is 8.65. The molecule has 2 aromatic rings. The third-order valence-electron chi connectivity index (χ3n) is 3.78. The van der Waals surface area contributed by atoms with Gasteiger partial charge in [0, 0.05) is 16.0 Å². The summed E-state index contributed by atoms with van der Waals surface area (Å²) >= 11 is 12.1. The highest BCUT2D eigenvalue weighted by molar-refractivity contribution is 6.30. The molecule has 0 N–H and O–H groups in total. The molecule has 18 heavy (non-hydrogen) atoms. The molecule has 2 atom stereocenters. The lowest BCUT2D eigenvalue weighted by Gasteiger charge is -2.17. The van der Waals surface area contributed by atoms with Crippen molar-refractivity contribution < 1.29 is 0 Å². The predicted octanol–water partition coefficient (Wildman–Crippen LogP) is 5.32. The molecule has 0 aliphatic heterocycles. The minimum Gasteiger partial charge on any atom is -0.0843 e. The van der Waals surface area contributed by atoms with Crippen LogP contribution in [0.5, 0.6) is 0 Å². The van der Waals surface area contributed by atoms with Gasteiger partial charge in [-0.2, -0.15) is 0 Å². The molecule has 0 heterocycles. The van der Waals surface area contributed by atoms with Crippen molar-refractivity contribution in [1.29, 1.82) is 0 Å². The first kappa shape index (κ1) is 12.1. The van der Waals surface area contributed by atoms with Gasteiger partial charge in [0.05, 0.1) is 0 Å². The highest BCUT2D eigenvalue weighted by Crippen LogP contribution is 2.43. The van der Waals surface area contributed by atoms with Gasteiger partial charge >= 0.3 is 0 Å². The molecule has 0 bridgehead atoms. The van der Waals surface area contributed by atoms with E-state index in [9.17, 15) is 0 Å². The summed E-state index contributed by atoms with van der Waals surface area (Å²) < 4.78 is 0. The van der Waals surface area contributed by atoms with Crippen LogP contribution < -0.4 is 0 Å². The average molecular weight is 277 g/mol. The molecule has 92 valence electrons. The van der Waals surface area contributed by atoms with Crippen molar-refractivity contribution in [3.05, 3.63) is 69.2 Å². The second-order valence-corrected chi connectivity index (χ2v) is 5.93. The molecule has 2 aromatic carbocycles. The van der Waals surface area contributed by atoms with Crippen molar-refractivity contribution in [3.8, 4) is 0 Å². The number of hydrogen-bond acceptors (Lipinski definition) is 0. The lowest BCUT2D eigenvalue weighted by molar-refractivity contribution is 0.557. The third kappa shape index (κ3) is 2.04. The maximum atomic E-state index is 6.13. The zero-order valence-electron chi connectivity index (χ0n) is 10.2. The van der Waals surface area contributed by atoms with E-state index in [1.54, 1.807) is 0 Å². The Balaban J connectivity index is 2.08. The Labute approximate surface area is 118 Å². The summed E-state index contributed by atoms with van der Waals surface area (Å²) in [5.41, 5.74) is 4.12. The Kier molecular flexibility index (Phi) is 3.09. The second-order valence-electron chi connectivity index (χ2n) is 5.05. The van der Waals surface area contributed by atoms with Crippen LogP contribution in [0.3, 0.4) is 0 Å². The van der Waals surface area contributed by atoms with Gasteiger partial charge in [-0.15, -0.1) is 0 Å². The largest absolute Gasteiger partial charge is 0.0843 e. The third-order valence-corrected chi connectivity index (χ3v) is 4.27. The minimum atomic E-state index is 0.441. The number of fused-ring (bicyclic) bond motifs is 1. The van der Waals surface area contributed by atoms with Crippen LogP contribution in [-0.2, 0) is 6.42 Å². The van der Waals surface area contributed by atoms with Crippen molar-refractivity contribution in [2.75, 3.05) is 0 Å². The number of benzene rings is 2. The molecule has 3 rings (SSSR count). The SMILES string of the molecule is CC1Cc2ccc(Cl)cc2C1c1ccc(Cl)cc1. The fourth-order valence-electron chi connectivity index (χ4n) is 2.99. The molecule has 0 amide bonds. The van der Waals surface area contributed by atoms with Gasteiger partial charge in [0.1, 0.15) is 0 Å². The fraction of sp³-hybridized carbons (Fsp3) is 0.250. The van der Waals surface area contributed by atoms with Crippen LogP contribution >= 0.6 is 23.2 Å². The Hall–Kier alpha value is -0.980. The Morgan fingerprint density at radius 1 is 0.944 bits per heavy atom. The van der Waals surface area contributed by atoms with Gasteiger partial charge in [0.15, 0.2) is 0 Å². The molecular formula is C16H14Cl2. The Morgan fingerprint density at radius 3 is 2.33 bits per heavy atom. The average Bonchev–Trinajstić information content (AvgIpc) is 2.66. The molecule has 2 unspecified atom stereocenters. The van der Waals surface area contributed by atoms with Gasteiger partial charge in [0.25, 0.3) is 0 Å². The van der Waals surface area contributed by atoms with E-state index < -0.39 is 0 Å². The van der Waals surface area contributed by atoms with Crippen molar-refractivity contribution in [1.82, 2.24) is 0 Å². The second kappa shape index (κ2) is 4.60. The van der Waals surface area contributed by atoms with Gasteiger partial charge in [-0.25, -0.2) is 0 Å². The van der Waals surface area contributed by atoms with E-state index >= 15 is 0 Å². The molecule has 0 nitrogen and oxygen atoms in total. The molecule has 0 saturated heterocycles. The van der Waals surface area contributed by atoms with Crippen LogP contribution in [0.25, 0.3) is 0 Å². The molecule has 2 heteroatoms. The van der Waals surface area contributed by atoms with Crippen LogP contribution in [0.1, 0.15) is 29.5 Å². The van der Waals surface area contributed by atoms with E-state index in [1.807, 2.05) is 18.2 Å². The van der Waals surface area contributed by atoms with Gasteiger partial charge in [-0.3, -0.25) is 0 Å². The lowest BCUT2D eigenvalue weighted by atomic mass is 9.87. The van der Waals surface area contributed by atoms with Crippen LogP contribution in [0, 0.1) is 5.92 Å². The molecule has 0 aromatic heterocycles. The van der Waals surface area contributed by atoms with E-state index in [4.69, 9.17) is 23.2 Å². The predicted molar refractivity (Wildman–Crippen MR) is 77.6 cm³/mol. The molecule has 0 radical (unpaired) electrons. The molecular weight excluding hydrogens is 263 g/mol. The molecule has 1 aliphatic rings.